The van der Waals surface area contributed by atoms with Crippen LogP contribution in [0.25, 0.3) is 0 Å². The molecule has 2 amide bonds. The second-order valence-corrected chi connectivity index (χ2v) is 6.98. The van der Waals surface area contributed by atoms with Crippen LogP contribution in [0.3, 0.4) is 0 Å². The van der Waals surface area contributed by atoms with Crippen LogP contribution in [0.15, 0.2) is 18.2 Å². The molecular weight excluding hydrogens is 324 g/mol. The summed E-state index contributed by atoms with van der Waals surface area (Å²) in [6.07, 6.45) is 2.60. The second kappa shape index (κ2) is 6.13. The van der Waals surface area contributed by atoms with Gasteiger partial charge in [0.15, 0.2) is 18.1 Å². The predicted molar refractivity (Wildman–Crippen MR) is 88.6 cm³/mol. The molecule has 0 N–H and O–H groups in total. The molecule has 134 valence electrons. The van der Waals surface area contributed by atoms with Crippen LogP contribution in [0.1, 0.15) is 19.3 Å². The summed E-state index contributed by atoms with van der Waals surface area (Å²) in [5.41, 5.74) is -0.387. The molecule has 0 aliphatic carbocycles. The summed E-state index contributed by atoms with van der Waals surface area (Å²) >= 11 is 0. The first-order chi connectivity index (χ1) is 12.1. The fourth-order valence-electron chi connectivity index (χ4n) is 3.93. The Labute approximate surface area is 146 Å². The average molecular weight is 346 g/mol. The lowest BCUT2D eigenvalue weighted by Crippen LogP contribution is -2.48. The molecule has 0 bridgehead atoms. The van der Waals surface area contributed by atoms with Crippen molar-refractivity contribution in [3.63, 3.8) is 0 Å². The zero-order valence-corrected chi connectivity index (χ0v) is 14.3. The van der Waals surface area contributed by atoms with Crippen molar-refractivity contribution in [3.05, 3.63) is 18.2 Å². The van der Waals surface area contributed by atoms with Gasteiger partial charge < -0.3 is 24.0 Å². The molecule has 1 unspecified atom stereocenters. The highest BCUT2D eigenvalue weighted by atomic mass is 16.7. The molecule has 25 heavy (non-hydrogen) atoms. The maximum Gasteiger partial charge on any atom is 0.260 e. The number of fused-ring (bicyclic) bond motifs is 1. The number of hydrogen-bond donors (Lipinski definition) is 0. The van der Waals surface area contributed by atoms with Crippen molar-refractivity contribution in [1.29, 1.82) is 0 Å². The monoisotopic (exact) mass is 346 g/mol. The number of hydrogen-bond acceptors (Lipinski definition) is 5. The van der Waals surface area contributed by atoms with Crippen LogP contribution in [0.4, 0.5) is 0 Å². The van der Waals surface area contributed by atoms with Gasteiger partial charge in [0.25, 0.3) is 5.91 Å². The Kier molecular flexibility index (Phi) is 3.94. The van der Waals surface area contributed by atoms with E-state index in [1.807, 2.05) is 7.05 Å². The van der Waals surface area contributed by atoms with Gasteiger partial charge in [-0.1, -0.05) is 0 Å². The quantitative estimate of drug-likeness (QED) is 0.824. The summed E-state index contributed by atoms with van der Waals surface area (Å²) in [6, 6.07) is 5.25. The number of ether oxygens (including phenoxy) is 3. The van der Waals surface area contributed by atoms with Crippen molar-refractivity contribution in [3.8, 4) is 17.2 Å². The molecule has 1 aromatic carbocycles. The molecule has 2 fully saturated rings. The van der Waals surface area contributed by atoms with Crippen LogP contribution < -0.4 is 14.2 Å². The highest BCUT2D eigenvalue weighted by molar-refractivity contribution is 5.86. The molecule has 3 aliphatic heterocycles. The first kappa shape index (κ1) is 16.1. The van der Waals surface area contributed by atoms with Gasteiger partial charge in [0.05, 0.1) is 5.41 Å². The molecule has 1 aromatic rings. The number of carbonyl (C=O) groups excluding carboxylic acids is 2. The zero-order valence-electron chi connectivity index (χ0n) is 14.3. The molecule has 0 radical (unpaired) electrons. The molecule has 2 saturated heterocycles. The van der Waals surface area contributed by atoms with Gasteiger partial charge >= 0.3 is 0 Å². The van der Waals surface area contributed by atoms with Gasteiger partial charge in [-0.2, -0.15) is 0 Å². The normalized spacial score (nSPS) is 24.9. The van der Waals surface area contributed by atoms with Gasteiger partial charge in [0.1, 0.15) is 5.75 Å². The van der Waals surface area contributed by atoms with E-state index < -0.39 is 0 Å². The molecule has 7 nitrogen and oxygen atoms in total. The fourth-order valence-corrected chi connectivity index (χ4v) is 3.93. The number of carbonyl (C=O) groups is 2. The first-order valence-electron chi connectivity index (χ1n) is 8.63. The van der Waals surface area contributed by atoms with Crippen LogP contribution in [0, 0.1) is 5.41 Å². The summed E-state index contributed by atoms with van der Waals surface area (Å²) in [6.45, 7) is 2.08. The topological polar surface area (TPSA) is 68.3 Å². The highest BCUT2D eigenvalue weighted by Gasteiger charge is 2.48. The van der Waals surface area contributed by atoms with E-state index in [0.29, 0.717) is 30.3 Å². The van der Waals surface area contributed by atoms with E-state index in [1.165, 1.54) is 0 Å². The summed E-state index contributed by atoms with van der Waals surface area (Å²) in [4.78, 5) is 28.6. The molecule has 0 aromatic heterocycles. The minimum absolute atomic E-state index is 0.0419. The van der Waals surface area contributed by atoms with Gasteiger partial charge in [-0.25, -0.2) is 0 Å². The maximum absolute atomic E-state index is 12.5. The smallest absolute Gasteiger partial charge is 0.260 e. The standard InChI is InChI=1S/C18H22N2O5/c1-19-7-2-5-18(17(19)22)6-8-20(11-18)16(21)10-23-13-3-4-14-15(9-13)25-12-24-14/h3-4,9H,2,5-8,10-12H2,1H3. The Morgan fingerprint density at radius 2 is 2.08 bits per heavy atom. The molecule has 3 heterocycles. The van der Waals surface area contributed by atoms with E-state index in [1.54, 1.807) is 28.0 Å². The minimum Gasteiger partial charge on any atom is -0.484 e. The molecule has 1 spiro atoms. The lowest BCUT2D eigenvalue weighted by atomic mass is 9.78. The number of benzene rings is 1. The van der Waals surface area contributed by atoms with Crippen molar-refractivity contribution < 1.29 is 23.8 Å². The van der Waals surface area contributed by atoms with Gasteiger partial charge in [-0.05, 0) is 31.4 Å². The third-order valence-corrected chi connectivity index (χ3v) is 5.36. The van der Waals surface area contributed by atoms with Crippen LogP contribution in [-0.4, -0.2) is 61.7 Å². The molecule has 1 atom stereocenters. The van der Waals surface area contributed by atoms with Crippen molar-refractivity contribution in [1.82, 2.24) is 9.80 Å². The van der Waals surface area contributed by atoms with E-state index in [0.717, 1.165) is 25.8 Å². The molecule has 4 rings (SSSR count). The van der Waals surface area contributed by atoms with E-state index >= 15 is 0 Å². The Bertz CT molecular complexity index is 707. The molecule has 3 aliphatic rings. The Morgan fingerprint density at radius 1 is 1.24 bits per heavy atom. The zero-order chi connectivity index (χ0) is 17.4. The lowest BCUT2D eigenvalue weighted by Gasteiger charge is -2.37. The molecule has 0 saturated carbocycles. The van der Waals surface area contributed by atoms with Gasteiger partial charge in [-0.3, -0.25) is 9.59 Å². The highest BCUT2D eigenvalue weighted by Crippen LogP contribution is 2.40. The predicted octanol–water partition coefficient (Wildman–Crippen LogP) is 1.26. The molecular formula is C18H22N2O5. The van der Waals surface area contributed by atoms with Crippen LogP contribution in [-0.2, 0) is 9.59 Å². The second-order valence-electron chi connectivity index (χ2n) is 6.98. The van der Waals surface area contributed by atoms with Crippen LogP contribution >= 0.6 is 0 Å². The summed E-state index contributed by atoms with van der Waals surface area (Å²) < 4.78 is 16.2. The van der Waals surface area contributed by atoms with E-state index in [4.69, 9.17) is 14.2 Å². The average Bonchev–Trinajstić information content (AvgIpc) is 3.25. The maximum atomic E-state index is 12.5. The minimum atomic E-state index is -0.387. The van der Waals surface area contributed by atoms with Gasteiger partial charge in [-0.15, -0.1) is 0 Å². The van der Waals surface area contributed by atoms with E-state index in [9.17, 15) is 9.59 Å². The van der Waals surface area contributed by atoms with Crippen LogP contribution in [0.5, 0.6) is 17.2 Å². The number of piperidine rings is 1. The van der Waals surface area contributed by atoms with Crippen molar-refractivity contribution >= 4 is 11.8 Å². The summed E-state index contributed by atoms with van der Waals surface area (Å²) in [5.74, 6) is 1.96. The Hall–Kier alpha value is -2.44. The van der Waals surface area contributed by atoms with Gasteiger partial charge in [0.2, 0.25) is 12.7 Å². The lowest BCUT2D eigenvalue weighted by molar-refractivity contribution is -0.144. The van der Waals surface area contributed by atoms with Crippen molar-refractivity contribution in [2.24, 2.45) is 5.41 Å². The Balaban J connectivity index is 1.35. The number of likely N-dealkylation sites (tertiary alicyclic amines) is 2. The van der Waals surface area contributed by atoms with E-state index in [2.05, 4.69) is 0 Å². The van der Waals surface area contributed by atoms with Crippen LogP contribution in [0.2, 0.25) is 0 Å². The number of nitrogens with zero attached hydrogens (tertiary/aromatic N) is 2. The third kappa shape index (κ3) is 2.88. The van der Waals surface area contributed by atoms with Crippen molar-refractivity contribution in [2.45, 2.75) is 19.3 Å². The SMILES string of the molecule is CN1CCCC2(CCN(C(=O)COc3ccc4c(c3)OCO4)C2)C1=O. The van der Waals surface area contributed by atoms with Crippen molar-refractivity contribution in [2.75, 3.05) is 40.1 Å². The Morgan fingerprint density at radius 3 is 2.96 bits per heavy atom. The summed E-state index contributed by atoms with van der Waals surface area (Å²) in [5, 5.41) is 0. The largest absolute Gasteiger partial charge is 0.484 e. The first-order valence-corrected chi connectivity index (χ1v) is 8.63. The fraction of sp³-hybridized carbons (Fsp3) is 0.556. The number of rotatable bonds is 3. The molecule has 7 heteroatoms. The van der Waals surface area contributed by atoms with Gasteiger partial charge in [0, 0.05) is 32.7 Å². The number of amides is 2. The summed E-state index contributed by atoms with van der Waals surface area (Å²) in [7, 11) is 1.84. The van der Waals surface area contributed by atoms with E-state index in [-0.39, 0.29) is 30.6 Å². The third-order valence-electron chi connectivity index (χ3n) is 5.36.